The van der Waals surface area contributed by atoms with Crippen LogP contribution >= 0.6 is 22.9 Å². The van der Waals surface area contributed by atoms with E-state index < -0.39 is 5.03 Å². The van der Waals surface area contributed by atoms with Gasteiger partial charge in [0.2, 0.25) is 0 Å². The molecule has 128 valence electrons. The Morgan fingerprint density at radius 2 is 2.35 bits per heavy atom. The van der Waals surface area contributed by atoms with Gasteiger partial charge in [-0.2, -0.15) is 0 Å². The Balaban J connectivity index is 2.05. The Kier molecular flexibility index (Phi) is 6.96. The van der Waals surface area contributed by atoms with E-state index in [1.807, 2.05) is 0 Å². The molecular formula is C12H18ClN5O4S. The first kappa shape index (κ1) is 17.9. The lowest BCUT2D eigenvalue weighted by Gasteiger charge is -2.36. The van der Waals surface area contributed by atoms with Gasteiger partial charge in [0.1, 0.15) is 25.3 Å². The minimum Gasteiger partial charge on any atom is -0.361 e. The molecule has 0 atom stereocenters. The Morgan fingerprint density at radius 3 is 3.00 bits per heavy atom. The van der Waals surface area contributed by atoms with Crippen molar-refractivity contribution in [1.29, 1.82) is 0 Å². The summed E-state index contributed by atoms with van der Waals surface area (Å²) in [6.45, 7) is 3.61. The van der Waals surface area contributed by atoms with Gasteiger partial charge in [-0.25, -0.2) is 15.1 Å². The molecule has 0 unspecified atom stereocenters. The third-order valence-electron chi connectivity index (χ3n) is 2.99. The van der Waals surface area contributed by atoms with E-state index in [2.05, 4.69) is 17.0 Å². The number of hydrogen-bond acceptors (Lipinski definition) is 6. The Morgan fingerprint density at radius 1 is 1.57 bits per heavy atom. The van der Waals surface area contributed by atoms with E-state index in [1.165, 1.54) is 11.3 Å². The predicted octanol–water partition coefficient (Wildman–Crippen LogP) is 2.17. The largest absolute Gasteiger partial charge is 0.361 e. The van der Waals surface area contributed by atoms with E-state index in [0.29, 0.717) is 17.6 Å². The molecule has 0 radical (unpaired) electrons. The number of nitrogens with zero attached hydrogens (tertiary/aromatic N) is 5. The summed E-state index contributed by atoms with van der Waals surface area (Å²) >= 11 is 7.12. The second kappa shape index (κ2) is 8.96. The third kappa shape index (κ3) is 5.57. The van der Waals surface area contributed by atoms with Crippen LogP contribution in [0.1, 0.15) is 24.6 Å². The van der Waals surface area contributed by atoms with Crippen molar-refractivity contribution in [1.82, 2.24) is 14.8 Å². The van der Waals surface area contributed by atoms with Crippen LogP contribution in [-0.2, 0) is 16.0 Å². The number of hydrogen-bond donors (Lipinski definition) is 0. The van der Waals surface area contributed by atoms with E-state index >= 15 is 0 Å². The maximum atomic E-state index is 10.8. The standard InChI is InChI=1S/C12H18ClN5O4S/c1-2-3-4-21-8-17-9-22-7-16(12(17)15-18(19)20)6-10-5-14-11(13)23-10/h5H,2-4,6-9H2,1H3/b15-12+. The fourth-order valence-electron chi connectivity index (χ4n) is 1.95. The molecule has 23 heavy (non-hydrogen) atoms. The number of ether oxygens (including phenoxy) is 2. The quantitative estimate of drug-likeness (QED) is 0.397. The van der Waals surface area contributed by atoms with Crippen molar-refractivity contribution in [3.8, 4) is 0 Å². The molecule has 11 heteroatoms. The molecule has 0 aliphatic carbocycles. The van der Waals surface area contributed by atoms with Crippen LogP contribution in [0.4, 0.5) is 0 Å². The lowest BCUT2D eigenvalue weighted by Crippen LogP contribution is -2.52. The van der Waals surface area contributed by atoms with Gasteiger partial charge in [0.05, 0.1) is 6.54 Å². The van der Waals surface area contributed by atoms with Gasteiger partial charge in [-0.15, -0.1) is 11.3 Å². The maximum Gasteiger partial charge on any atom is 0.279 e. The first-order valence-corrected chi connectivity index (χ1v) is 8.28. The molecule has 1 saturated heterocycles. The third-order valence-corrected chi connectivity index (χ3v) is 4.09. The summed E-state index contributed by atoms with van der Waals surface area (Å²) < 4.78 is 11.4. The van der Waals surface area contributed by atoms with Crippen LogP contribution in [0.2, 0.25) is 4.47 Å². The molecule has 1 aromatic rings. The minimum atomic E-state index is -0.716. The monoisotopic (exact) mass is 363 g/mol. The van der Waals surface area contributed by atoms with Crippen LogP contribution < -0.4 is 0 Å². The van der Waals surface area contributed by atoms with Crippen LogP contribution in [0.3, 0.4) is 0 Å². The molecular weight excluding hydrogens is 346 g/mol. The summed E-state index contributed by atoms with van der Waals surface area (Å²) in [5.74, 6) is 0.210. The molecule has 1 fully saturated rings. The van der Waals surface area contributed by atoms with E-state index in [-0.39, 0.29) is 26.2 Å². The average Bonchev–Trinajstić information content (AvgIpc) is 2.91. The first-order valence-electron chi connectivity index (χ1n) is 7.08. The highest BCUT2D eigenvalue weighted by Crippen LogP contribution is 2.21. The smallest absolute Gasteiger partial charge is 0.279 e. The SMILES string of the molecule is CCCCOCN1COCN(Cc2cnc(Cl)s2)/C1=N\[N+](=O)[O-]. The van der Waals surface area contributed by atoms with Gasteiger partial charge in [0, 0.05) is 17.7 Å². The van der Waals surface area contributed by atoms with E-state index in [0.717, 1.165) is 17.7 Å². The van der Waals surface area contributed by atoms with Crippen molar-refractivity contribution in [3.05, 3.63) is 25.7 Å². The zero-order valence-corrected chi connectivity index (χ0v) is 14.3. The second-order valence-electron chi connectivity index (χ2n) is 4.81. The lowest BCUT2D eigenvalue weighted by atomic mass is 10.4. The average molecular weight is 364 g/mol. The molecule has 2 rings (SSSR count). The maximum absolute atomic E-state index is 10.8. The molecule has 0 saturated carbocycles. The van der Waals surface area contributed by atoms with Gasteiger partial charge >= 0.3 is 0 Å². The summed E-state index contributed by atoms with van der Waals surface area (Å²) in [5.41, 5.74) is 0. The summed E-state index contributed by atoms with van der Waals surface area (Å²) in [4.78, 5) is 18.9. The minimum absolute atomic E-state index is 0.187. The molecule has 0 N–H and O–H groups in total. The number of hydrazone groups is 1. The van der Waals surface area contributed by atoms with Crippen LogP contribution in [0.5, 0.6) is 0 Å². The fraction of sp³-hybridized carbons (Fsp3) is 0.667. The van der Waals surface area contributed by atoms with Crippen LogP contribution in [-0.4, -0.2) is 52.6 Å². The molecule has 1 aromatic heterocycles. The Hall–Kier alpha value is -1.49. The normalized spacial score (nSPS) is 17.0. The van der Waals surface area contributed by atoms with E-state index in [4.69, 9.17) is 21.1 Å². The van der Waals surface area contributed by atoms with Gasteiger partial charge in [-0.3, -0.25) is 4.90 Å². The summed E-state index contributed by atoms with van der Waals surface area (Å²) in [6.07, 6.45) is 3.58. The van der Waals surface area contributed by atoms with Crippen LogP contribution in [0, 0.1) is 10.1 Å². The number of rotatable bonds is 8. The highest BCUT2D eigenvalue weighted by atomic mass is 35.5. The zero-order chi connectivity index (χ0) is 16.7. The van der Waals surface area contributed by atoms with Crippen molar-refractivity contribution in [2.45, 2.75) is 26.3 Å². The summed E-state index contributed by atoms with van der Waals surface area (Å²) in [5, 5.41) is 13.6. The van der Waals surface area contributed by atoms with Crippen molar-refractivity contribution >= 4 is 28.9 Å². The number of nitro groups is 1. The van der Waals surface area contributed by atoms with Crippen molar-refractivity contribution in [2.24, 2.45) is 5.10 Å². The topological polar surface area (TPSA) is 93.3 Å². The molecule has 2 heterocycles. The fourth-order valence-corrected chi connectivity index (χ4v) is 2.95. The van der Waals surface area contributed by atoms with E-state index in [9.17, 15) is 10.1 Å². The van der Waals surface area contributed by atoms with Crippen molar-refractivity contribution < 1.29 is 14.5 Å². The number of thiazole rings is 1. The Bertz CT molecular complexity index is 555. The summed E-state index contributed by atoms with van der Waals surface area (Å²) in [6, 6.07) is 0. The van der Waals surface area contributed by atoms with Crippen LogP contribution in [0.25, 0.3) is 0 Å². The highest BCUT2D eigenvalue weighted by molar-refractivity contribution is 7.15. The molecule has 0 spiro atoms. The van der Waals surface area contributed by atoms with Gasteiger partial charge in [-0.05, 0) is 6.42 Å². The molecule has 0 bridgehead atoms. The van der Waals surface area contributed by atoms with Gasteiger partial charge in [0.15, 0.2) is 9.50 Å². The number of halogens is 1. The molecule has 9 nitrogen and oxygen atoms in total. The molecule has 1 aliphatic rings. The van der Waals surface area contributed by atoms with Gasteiger partial charge < -0.3 is 14.4 Å². The number of aromatic nitrogens is 1. The first-order chi connectivity index (χ1) is 11.1. The summed E-state index contributed by atoms with van der Waals surface area (Å²) in [7, 11) is 0. The molecule has 1 aliphatic heterocycles. The molecule has 0 amide bonds. The van der Waals surface area contributed by atoms with Crippen molar-refractivity contribution in [3.63, 3.8) is 0 Å². The Labute approximate surface area is 142 Å². The van der Waals surface area contributed by atoms with Crippen LogP contribution in [0.15, 0.2) is 11.3 Å². The zero-order valence-electron chi connectivity index (χ0n) is 12.7. The van der Waals surface area contributed by atoms with Gasteiger partial charge in [-0.1, -0.05) is 24.9 Å². The lowest BCUT2D eigenvalue weighted by molar-refractivity contribution is -0.487. The van der Waals surface area contributed by atoms with E-state index in [1.54, 1.807) is 16.0 Å². The predicted molar refractivity (Wildman–Crippen MR) is 85.5 cm³/mol. The van der Waals surface area contributed by atoms with Gasteiger partial charge in [0.25, 0.3) is 5.96 Å². The highest BCUT2D eigenvalue weighted by Gasteiger charge is 2.28. The number of guanidine groups is 1. The number of unbranched alkanes of at least 4 members (excludes halogenated alkanes) is 1. The molecule has 0 aromatic carbocycles. The van der Waals surface area contributed by atoms with Crippen molar-refractivity contribution in [2.75, 3.05) is 26.8 Å². The second-order valence-corrected chi connectivity index (χ2v) is 6.51.